The molecule has 0 unspecified atom stereocenters. The van der Waals surface area contributed by atoms with Gasteiger partial charge in [-0.3, -0.25) is 9.59 Å². The normalized spacial score (nSPS) is 21.5. The van der Waals surface area contributed by atoms with Crippen LogP contribution in [0.3, 0.4) is 0 Å². The molecule has 8 heteroatoms. The Balaban J connectivity index is 1.68. The fourth-order valence-corrected chi connectivity index (χ4v) is 5.62. The number of para-hydroxylation sites is 1. The number of aromatic amines is 1. The van der Waals surface area contributed by atoms with Crippen molar-refractivity contribution in [3.63, 3.8) is 0 Å². The van der Waals surface area contributed by atoms with Crippen LogP contribution in [0.5, 0.6) is 11.5 Å². The summed E-state index contributed by atoms with van der Waals surface area (Å²) in [6, 6.07) is 14.0. The summed E-state index contributed by atoms with van der Waals surface area (Å²) in [5.74, 6) is 0.901. The number of carbonyl (C=O) groups excluding carboxylic acids is 2. The lowest BCUT2D eigenvalue weighted by molar-refractivity contribution is -0.166. The molecule has 1 fully saturated rings. The molecule has 190 valence electrons. The smallest absolute Gasteiger partial charge is 0.255 e. The summed E-state index contributed by atoms with van der Waals surface area (Å²) >= 11 is 0. The van der Waals surface area contributed by atoms with Crippen molar-refractivity contribution in [2.24, 2.45) is 0 Å². The highest BCUT2D eigenvalue weighted by molar-refractivity contribution is 6.01. The molecule has 2 aromatic carbocycles. The molecule has 0 saturated carbocycles. The van der Waals surface area contributed by atoms with Crippen LogP contribution in [0.15, 0.2) is 42.5 Å². The molecule has 3 aromatic rings. The van der Waals surface area contributed by atoms with E-state index in [0.717, 1.165) is 34.1 Å². The minimum atomic E-state index is -1.18. The van der Waals surface area contributed by atoms with Gasteiger partial charge in [0.05, 0.1) is 32.1 Å². The zero-order chi connectivity index (χ0) is 25.4. The molecule has 8 nitrogen and oxygen atoms in total. The summed E-state index contributed by atoms with van der Waals surface area (Å²) in [5.41, 5.74) is 2.48. The maximum absolute atomic E-state index is 13.7. The van der Waals surface area contributed by atoms with Gasteiger partial charge in [-0.15, -0.1) is 0 Å². The van der Waals surface area contributed by atoms with Crippen molar-refractivity contribution in [2.75, 3.05) is 39.5 Å². The average Bonchev–Trinajstić information content (AvgIpc) is 3.28. The summed E-state index contributed by atoms with van der Waals surface area (Å²) in [7, 11) is 0. The van der Waals surface area contributed by atoms with Gasteiger partial charge in [0.1, 0.15) is 0 Å². The number of rotatable bonds is 8. The number of H-pyrrole nitrogens is 1. The topological polar surface area (TPSA) is 95.1 Å². The number of carbonyl (C=O) groups is 2. The van der Waals surface area contributed by atoms with Gasteiger partial charge in [-0.25, -0.2) is 0 Å². The second kappa shape index (κ2) is 9.50. The van der Waals surface area contributed by atoms with Gasteiger partial charge in [0.25, 0.3) is 5.91 Å². The van der Waals surface area contributed by atoms with Gasteiger partial charge < -0.3 is 29.4 Å². The maximum Gasteiger partial charge on any atom is 0.255 e. The number of β-amino-alcohol motifs (C(OH)–C–C–N with tert-alkyl or cyclic N) is 1. The van der Waals surface area contributed by atoms with Crippen LogP contribution >= 0.6 is 0 Å². The molecule has 2 aliphatic heterocycles. The number of hydrogen-bond donors (Lipinski definition) is 2. The molecule has 2 atom stereocenters. The van der Waals surface area contributed by atoms with Gasteiger partial charge in [-0.05, 0) is 49.6 Å². The highest BCUT2D eigenvalue weighted by atomic mass is 16.5. The van der Waals surface area contributed by atoms with E-state index >= 15 is 0 Å². The van der Waals surface area contributed by atoms with Crippen molar-refractivity contribution in [2.45, 2.75) is 38.6 Å². The molecule has 2 aliphatic rings. The minimum Gasteiger partial charge on any atom is -0.490 e. The Bertz CT molecular complexity index is 1300. The molecule has 2 N–H and O–H groups in total. The Hall–Kier alpha value is -3.52. The Labute approximate surface area is 210 Å². The van der Waals surface area contributed by atoms with Crippen molar-refractivity contribution in [3.8, 4) is 11.5 Å². The van der Waals surface area contributed by atoms with Gasteiger partial charge in [0, 0.05) is 29.9 Å². The van der Waals surface area contributed by atoms with Crippen LogP contribution in [0.25, 0.3) is 10.9 Å². The average molecular weight is 492 g/mol. The van der Waals surface area contributed by atoms with E-state index in [2.05, 4.69) is 18.0 Å². The minimum absolute atomic E-state index is 0.0365. The number of aliphatic hydroxyl groups excluding tert-OH is 1. The lowest BCUT2D eigenvalue weighted by Crippen LogP contribution is -2.67. The molecule has 0 radical (unpaired) electrons. The first-order valence-corrected chi connectivity index (χ1v) is 12.6. The van der Waals surface area contributed by atoms with Crippen LogP contribution in [0.1, 0.15) is 49.9 Å². The molecule has 1 aromatic heterocycles. The number of nitrogens with one attached hydrogen (secondary N) is 1. The van der Waals surface area contributed by atoms with E-state index in [9.17, 15) is 14.7 Å². The number of benzene rings is 2. The molecule has 3 heterocycles. The first-order valence-electron chi connectivity index (χ1n) is 12.6. The van der Waals surface area contributed by atoms with E-state index in [1.165, 1.54) is 4.90 Å². The third kappa shape index (κ3) is 3.71. The summed E-state index contributed by atoms with van der Waals surface area (Å²) in [5, 5.41) is 10.5. The van der Waals surface area contributed by atoms with Gasteiger partial charge in [-0.1, -0.05) is 31.2 Å². The fourth-order valence-electron chi connectivity index (χ4n) is 5.62. The van der Waals surface area contributed by atoms with Gasteiger partial charge in [-0.2, -0.15) is 0 Å². The largest absolute Gasteiger partial charge is 0.490 e. The molecule has 0 aliphatic carbocycles. The summed E-state index contributed by atoms with van der Waals surface area (Å²) in [4.78, 5) is 33.8. The van der Waals surface area contributed by atoms with E-state index < -0.39 is 5.54 Å². The number of hydrogen-bond acceptors (Lipinski definition) is 5. The molecule has 36 heavy (non-hydrogen) atoms. The Kier molecular flexibility index (Phi) is 6.38. The van der Waals surface area contributed by atoms with Crippen LogP contribution in [-0.2, 0) is 15.1 Å². The van der Waals surface area contributed by atoms with E-state index in [1.807, 2.05) is 50.2 Å². The van der Waals surface area contributed by atoms with Crippen molar-refractivity contribution in [3.05, 3.63) is 59.3 Å². The third-order valence-electron chi connectivity index (χ3n) is 7.32. The van der Waals surface area contributed by atoms with Gasteiger partial charge >= 0.3 is 0 Å². The molecule has 2 amide bonds. The van der Waals surface area contributed by atoms with E-state index in [1.54, 1.807) is 4.90 Å². The number of amides is 2. The lowest BCUT2D eigenvalue weighted by Gasteiger charge is -2.51. The summed E-state index contributed by atoms with van der Waals surface area (Å²) in [6.07, 6.45) is 0.894. The Morgan fingerprint density at radius 3 is 2.67 bits per heavy atom. The monoisotopic (exact) mass is 491 g/mol. The number of aromatic nitrogens is 1. The highest BCUT2D eigenvalue weighted by Crippen LogP contribution is 2.48. The van der Waals surface area contributed by atoms with Crippen molar-refractivity contribution < 1.29 is 24.2 Å². The SMILES string of the molecule is CCCOc1ccc([C@@H]2CN3C(=O)CN(CCO)C(=O)[C@]3(C)c3[nH]c4ccccc4c32)cc1OCC. The molecule has 0 spiro atoms. The fraction of sp³-hybridized carbons (Fsp3) is 0.429. The number of fused-ring (bicyclic) bond motifs is 5. The Morgan fingerprint density at radius 2 is 1.92 bits per heavy atom. The lowest BCUT2D eigenvalue weighted by atomic mass is 9.76. The highest BCUT2D eigenvalue weighted by Gasteiger charge is 2.56. The molecule has 5 rings (SSSR count). The van der Waals surface area contributed by atoms with Crippen LogP contribution in [0.4, 0.5) is 0 Å². The predicted molar refractivity (Wildman–Crippen MR) is 136 cm³/mol. The quantitative estimate of drug-likeness (QED) is 0.504. The first-order chi connectivity index (χ1) is 17.4. The van der Waals surface area contributed by atoms with Crippen LogP contribution in [0, 0.1) is 0 Å². The van der Waals surface area contributed by atoms with Crippen molar-refractivity contribution >= 4 is 22.7 Å². The summed E-state index contributed by atoms with van der Waals surface area (Å²) < 4.78 is 11.8. The Morgan fingerprint density at radius 1 is 1.11 bits per heavy atom. The van der Waals surface area contributed by atoms with Crippen LogP contribution < -0.4 is 9.47 Å². The molecule has 1 saturated heterocycles. The maximum atomic E-state index is 13.7. The standard InChI is InChI=1S/C28H33N3O5/c1-4-14-36-22-11-10-18(15-23(22)35-5-2)20-16-31-24(33)17-30(12-13-32)27(34)28(31,3)26-25(20)19-8-6-7-9-21(19)29-26/h6-11,15,20,29,32H,4-5,12-14,16-17H2,1-3H3/t20-,28-/m0/s1. The number of nitrogens with zero attached hydrogens (tertiary/aromatic N) is 2. The van der Waals surface area contributed by atoms with Crippen LogP contribution in [-0.4, -0.2) is 71.2 Å². The van der Waals surface area contributed by atoms with Gasteiger partial charge in [0.15, 0.2) is 17.0 Å². The van der Waals surface area contributed by atoms with E-state index in [4.69, 9.17) is 9.47 Å². The second-order valence-electron chi connectivity index (χ2n) is 9.53. The zero-order valence-electron chi connectivity index (χ0n) is 21.0. The first kappa shape index (κ1) is 24.2. The van der Waals surface area contributed by atoms with Crippen molar-refractivity contribution in [1.82, 2.24) is 14.8 Å². The number of piperazine rings is 1. The van der Waals surface area contributed by atoms with Crippen LogP contribution in [0.2, 0.25) is 0 Å². The zero-order valence-corrected chi connectivity index (χ0v) is 21.0. The molecular weight excluding hydrogens is 458 g/mol. The molecular formula is C28H33N3O5. The van der Waals surface area contributed by atoms with E-state index in [0.29, 0.717) is 31.3 Å². The summed E-state index contributed by atoms with van der Waals surface area (Å²) in [6.45, 7) is 7.19. The second-order valence-corrected chi connectivity index (χ2v) is 9.53. The predicted octanol–water partition coefficient (Wildman–Crippen LogP) is 3.38. The number of ether oxygens (including phenoxy) is 2. The van der Waals surface area contributed by atoms with Gasteiger partial charge in [0.2, 0.25) is 5.91 Å². The number of aliphatic hydroxyl groups is 1. The molecule has 0 bridgehead atoms. The van der Waals surface area contributed by atoms with E-state index in [-0.39, 0.29) is 37.4 Å². The third-order valence-corrected chi connectivity index (χ3v) is 7.32. The van der Waals surface area contributed by atoms with Crippen molar-refractivity contribution in [1.29, 1.82) is 0 Å².